The Morgan fingerprint density at radius 1 is 1.20 bits per heavy atom. The second kappa shape index (κ2) is 4.93. The zero-order valence-corrected chi connectivity index (χ0v) is 11.9. The molecule has 2 aromatic heterocycles. The standard InChI is InChI=1S/C13H13N5OS/c1-7-5-11(17-12(14)15-7)18-13-16-9-4-3-8(19-2)6-10(9)20-13/h3-6H,1-2H3,(H3,14,15,16,17,18). The van der Waals surface area contributed by atoms with Crippen LogP contribution in [0.5, 0.6) is 5.75 Å². The van der Waals surface area contributed by atoms with Gasteiger partial charge < -0.3 is 15.8 Å². The third-order valence-corrected chi connectivity index (χ3v) is 3.64. The van der Waals surface area contributed by atoms with Gasteiger partial charge in [-0.2, -0.15) is 4.98 Å². The fourth-order valence-corrected chi connectivity index (χ4v) is 2.75. The normalized spacial score (nSPS) is 10.7. The first-order valence-corrected chi connectivity index (χ1v) is 6.78. The molecule has 0 radical (unpaired) electrons. The second-order valence-corrected chi connectivity index (χ2v) is 5.26. The molecule has 3 aromatic rings. The summed E-state index contributed by atoms with van der Waals surface area (Å²) in [5, 5.41) is 3.90. The minimum atomic E-state index is 0.246. The van der Waals surface area contributed by atoms with Gasteiger partial charge in [0.15, 0.2) is 5.13 Å². The Morgan fingerprint density at radius 3 is 2.80 bits per heavy atom. The first-order valence-electron chi connectivity index (χ1n) is 5.97. The van der Waals surface area contributed by atoms with Crippen LogP contribution in [0.2, 0.25) is 0 Å². The molecule has 0 atom stereocenters. The SMILES string of the molecule is COc1ccc2nc(Nc3cc(C)nc(N)n3)sc2c1. The number of benzene rings is 1. The van der Waals surface area contributed by atoms with Crippen molar-refractivity contribution < 1.29 is 4.74 Å². The second-order valence-electron chi connectivity index (χ2n) is 4.23. The van der Waals surface area contributed by atoms with Crippen LogP contribution in [0.25, 0.3) is 10.2 Å². The summed E-state index contributed by atoms with van der Waals surface area (Å²) >= 11 is 1.53. The number of hydrogen-bond acceptors (Lipinski definition) is 7. The van der Waals surface area contributed by atoms with Gasteiger partial charge in [-0.3, -0.25) is 0 Å². The van der Waals surface area contributed by atoms with Gasteiger partial charge in [-0.25, -0.2) is 9.97 Å². The number of nitrogens with one attached hydrogen (secondary N) is 1. The van der Waals surface area contributed by atoms with Gasteiger partial charge in [-0.1, -0.05) is 11.3 Å². The highest BCUT2D eigenvalue weighted by atomic mass is 32.1. The van der Waals surface area contributed by atoms with Gasteiger partial charge >= 0.3 is 0 Å². The van der Waals surface area contributed by atoms with Crippen molar-refractivity contribution in [3.05, 3.63) is 30.0 Å². The molecule has 102 valence electrons. The summed E-state index contributed by atoms with van der Waals surface area (Å²) < 4.78 is 6.25. The summed E-state index contributed by atoms with van der Waals surface area (Å²) in [4.78, 5) is 12.7. The van der Waals surface area contributed by atoms with E-state index in [1.807, 2.05) is 31.2 Å². The fraction of sp³-hybridized carbons (Fsp3) is 0.154. The third-order valence-electron chi connectivity index (χ3n) is 2.70. The maximum atomic E-state index is 5.63. The number of anilines is 3. The van der Waals surface area contributed by atoms with Crippen molar-refractivity contribution in [2.45, 2.75) is 6.92 Å². The van der Waals surface area contributed by atoms with E-state index in [9.17, 15) is 0 Å². The number of nitrogens with two attached hydrogens (primary N) is 1. The van der Waals surface area contributed by atoms with Gasteiger partial charge in [0, 0.05) is 11.8 Å². The van der Waals surface area contributed by atoms with E-state index in [1.54, 1.807) is 7.11 Å². The summed E-state index contributed by atoms with van der Waals surface area (Å²) in [6.07, 6.45) is 0. The van der Waals surface area contributed by atoms with Gasteiger partial charge in [0.1, 0.15) is 11.6 Å². The Labute approximate surface area is 119 Å². The van der Waals surface area contributed by atoms with Crippen molar-refractivity contribution in [1.82, 2.24) is 15.0 Å². The summed E-state index contributed by atoms with van der Waals surface area (Å²) in [5.41, 5.74) is 7.35. The van der Waals surface area contributed by atoms with Crippen LogP contribution < -0.4 is 15.8 Å². The van der Waals surface area contributed by atoms with Gasteiger partial charge in [-0.05, 0) is 25.1 Å². The fourth-order valence-electron chi connectivity index (χ4n) is 1.85. The average molecular weight is 287 g/mol. The molecule has 6 nitrogen and oxygen atoms in total. The van der Waals surface area contributed by atoms with Gasteiger partial charge in [0.25, 0.3) is 0 Å². The number of fused-ring (bicyclic) bond motifs is 1. The topological polar surface area (TPSA) is 86.0 Å². The average Bonchev–Trinajstić information content (AvgIpc) is 2.78. The number of aryl methyl sites for hydroxylation is 1. The highest BCUT2D eigenvalue weighted by Gasteiger charge is 2.07. The van der Waals surface area contributed by atoms with Crippen molar-refractivity contribution in [2.24, 2.45) is 0 Å². The minimum Gasteiger partial charge on any atom is -0.497 e. The zero-order chi connectivity index (χ0) is 14.1. The van der Waals surface area contributed by atoms with Gasteiger partial charge in [-0.15, -0.1) is 0 Å². The summed E-state index contributed by atoms with van der Waals surface area (Å²) in [6, 6.07) is 7.59. The molecule has 2 heterocycles. The maximum absolute atomic E-state index is 5.63. The molecule has 3 rings (SSSR count). The lowest BCUT2D eigenvalue weighted by atomic mass is 10.3. The van der Waals surface area contributed by atoms with Gasteiger partial charge in [0.05, 0.1) is 17.3 Å². The predicted octanol–water partition coefficient (Wildman–Crippen LogP) is 2.73. The molecule has 0 aliphatic heterocycles. The van der Waals surface area contributed by atoms with Crippen molar-refractivity contribution >= 4 is 38.5 Å². The summed E-state index contributed by atoms with van der Waals surface area (Å²) in [6.45, 7) is 1.87. The van der Waals surface area contributed by atoms with Crippen molar-refractivity contribution in [3.63, 3.8) is 0 Å². The molecule has 1 aromatic carbocycles. The Bertz CT molecular complexity index is 750. The van der Waals surface area contributed by atoms with Crippen LogP contribution >= 0.6 is 11.3 Å². The van der Waals surface area contributed by atoms with Crippen LogP contribution in [0.15, 0.2) is 24.3 Å². The van der Waals surface area contributed by atoms with E-state index in [1.165, 1.54) is 11.3 Å². The van der Waals surface area contributed by atoms with Crippen LogP contribution in [0, 0.1) is 6.92 Å². The van der Waals surface area contributed by atoms with E-state index < -0.39 is 0 Å². The first-order chi connectivity index (χ1) is 9.64. The molecule has 0 spiro atoms. The van der Waals surface area contributed by atoms with Crippen molar-refractivity contribution in [1.29, 1.82) is 0 Å². The maximum Gasteiger partial charge on any atom is 0.222 e. The third kappa shape index (κ3) is 2.48. The number of thiazole rings is 1. The van der Waals surface area contributed by atoms with E-state index in [0.29, 0.717) is 5.82 Å². The number of ether oxygens (including phenoxy) is 1. The predicted molar refractivity (Wildman–Crippen MR) is 80.6 cm³/mol. The molecular weight excluding hydrogens is 274 g/mol. The molecular formula is C13H13N5OS. The number of aromatic nitrogens is 3. The van der Waals surface area contributed by atoms with E-state index in [4.69, 9.17) is 10.5 Å². The Balaban J connectivity index is 1.94. The highest BCUT2D eigenvalue weighted by Crippen LogP contribution is 2.30. The lowest BCUT2D eigenvalue weighted by molar-refractivity contribution is 0.415. The number of methoxy groups -OCH3 is 1. The van der Waals surface area contributed by atoms with Crippen LogP contribution in [0.3, 0.4) is 0 Å². The van der Waals surface area contributed by atoms with Crippen molar-refractivity contribution in [2.75, 3.05) is 18.2 Å². The Morgan fingerprint density at radius 2 is 2.05 bits per heavy atom. The molecule has 7 heteroatoms. The van der Waals surface area contributed by atoms with Crippen LogP contribution in [-0.2, 0) is 0 Å². The van der Waals surface area contributed by atoms with E-state index >= 15 is 0 Å². The molecule has 0 saturated carbocycles. The van der Waals surface area contributed by atoms with Crippen LogP contribution in [0.1, 0.15) is 5.69 Å². The first kappa shape index (κ1) is 12.6. The minimum absolute atomic E-state index is 0.246. The largest absolute Gasteiger partial charge is 0.497 e. The van der Waals surface area contributed by atoms with Crippen LogP contribution in [-0.4, -0.2) is 22.1 Å². The molecule has 0 fully saturated rings. The molecule has 0 amide bonds. The monoisotopic (exact) mass is 287 g/mol. The van der Waals surface area contributed by atoms with Crippen LogP contribution in [0.4, 0.5) is 16.9 Å². The summed E-state index contributed by atoms with van der Waals surface area (Å²) in [7, 11) is 1.65. The smallest absolute Gasteiger partial charge is 0.222 e. The quantitative estimate of drug-likeness (QED) is 0.770. The Kier molecular flexibility index (Phi) is 3.11. The number of nitrogen functional groups attached to an aromatic ring is 1. The number of rotatable bonds is 3. The van der Waals surface area contributed by atoms with E-state index in [0.717, 1.165) is 26.8 Å². The highest BCUT2D eigenvalue weighted by molar-refractivity contribution is 7.22. The lowest BCUT2D eigenvalue weighted by Gasteiger charge is -2.02. The molecule has 0 aliphatic rings. The van der Waals surface area contributed by atoms with Crippen molar-refractivity contribution in [3.8, 4) is 5.75 Å². The molecule has 0 aliphatic carbocycles. The number of nitrogens with zero attached hydrogens (tertiary/aromatic N) is 3. The zero-order valence-electron chi connectivity index (χ0n) is 11.0. The molecule has 3 N–H and O–H groups in total. The molecule has 0 saturated heterocycles. The Hall–Kier alpha value is -2.41. The van der Waals surface area contributed by atoms with Gasteiger partial charge in [0.2, 0.25) is 5.95 Å². The lowest BCUT2D eigenvalue weighted by Crippen LogP contribution is -2.00. The molecule has 0 unspecified atom stereocenters. The molecule has 20 heavy (non-hydrogen) atoms. The number of hydrogen-bond donors (Lipinski definition) is 2. The van der Waals surface area contributed by atoms with E-state index in [2.05, 4.69) is 20.3 Å². The van der Waals surface area contributed by atoms with E-state index in [-0.39, 0.29) is 5.95 Å². The summed E-state index contributed by atoms with van der Waals surface area (Å²) in [5.74, 6) is 1.70. The molecule has 0 bridgehead atoms.